The van der Waals surface area contributed by atoms with Crippen LogP contribution in [0.15, 0.2) is 30.3 Å². The molecule has 0 aromatic heterocycles. The van der Waals surface area contributed by atoms with Crippen LogP contribution < -0.4 is 5.73 Å². The van der Waals surface area contributed by atoms with E-state index >= 15 is 0 Å². The number of likely N-dealkylation sites (N-methyl/N-ethyl adjacent to an activating group) is 1. The Morgan fingerprint density at radius 2 is 1.60 bits per heavy atom. The van der Waals surface area contributed by atoms with E-state index < -0.39 is 11.7 Å². The van der Waals surface area contributed by atoms with Crippen LogP contribution in [0.25, 0.3) is 0 Å². The molecule has 0 saturated heterocycles. The van der Waals surface area contributed by atoms with Gasteiger partial charge in [0.1, 0.15) is 12.2 Å². The smallest absolute Gasteiger partial charge is 0.404 e. The maximum Gasteiger partial charge on any atom is 0.404 e. The number of hydrogen-bond donors (Lipinski definition) is 1. The zero-order valence-electron chi connectivity index (χ0n) is 23.0. The van der Waals surface area contributed by atoms with Gasteiger partial charge in [-0.05, 0) is 38.2 Å². The van der Waals surface area contributed by atoms with E-state index in [1.807, 2.05) is 72.0 Å². The molecule has 0 radical (unpaired) electrons. The lowest BCUT2D eigenvalue weighted by atomic mass is 9.90. The molecule has 200 valence electrons. The molecule has 1 rings (SSSR count). The summed E-state index contributed by atoms with van der Waals surface area (Å²) >= 11 is 0. The summed E-state index contributed by atoms with van der Waals surface area (Å²) in [7, 11) is 3.40. The van der Waals surface area contributed by atoms with Crippen molar-refractivity contribution in [2.75, 3.05) is 14.2 Å². The number of amides is 2. The van der Waals surface area contributed by atoms with Gasteiger partial charge >= 0.3 is 12.1 Å². The molecular weight excluding hydrogens is 448 g/mol. The van der Waals surface area contributed by atoms with Crippen LogP contribution in [0.1, 0.15) is 73.3 Å². The van der Waals surface area contributed by atoms with Crippen molar-refractivity contribution in [2.24, 2.45) is 17.6 Å². The minimum absolute atomic E-state index is 0.0848. The number of carbonyl (C=O) groups is 3. The molecule has 1 aromatic carbocycles. The Balaban J connectivity index is 0.000000867. The standard InChI is InChI=1S/C19H37NO4.C8H9NO2/c1-10-14(4)18(20(8)16(21)11-13(2)3)15(23-9)12-17(22)24-19(5,6)7;9-8(10)11-6-7-4-2-1-3-5-7/h13-15,18H,10-12H2,1-9H3;1-5H,6H2,(H2,9,10). The number of nitrogens with two attached hydrogens (primary N) is 1. The lowest BCUT2D eigenvalue weighted by molar-refractivity contribution is -0.160. The molecule has 0 aliphatic carbocycles. The number of carbonyl (C=O) groups excluding carboxylic acids is 3. The molecule has 0 aliphatic rings. The van der Waals surface area contributed by atoms with E-state index in [2.05, 4.69) is 18.6 Å². The average molecular weight is 495 g/mol. The molecule has 2 N–H and O–H groups in total. The van der Waals surface area contributed by atoms with Gasteiger partial charge in [-0.25, -0.2) is 4.79 Å². The quantitative estimate of drug-likeness (QED) is 0.437. The van der Waals surface area contributed by atoms with Crippen molar-refractivity contribution < 1.29 is 28.6 Å². The van der Waals surface area contributed by atoms with Crippen molar-refractivity contribution >= 4 is 18.0 Å². The van der Waals surface area contributed by atoms with Gasteiger partial charge in [-0.15, -0.1) is 0 Å². The molecule has 0 bridgehead atoms. The van der Waals surface area contributed by atoms with Crippen LogP contribution in [0.2, 0.25) is 0 Å². The zero-order chi connectivity index (χ0) is 27.2. The van der Waals surface area contributed by atoms with Gasteiger partial charge in [0.05, 0.1) is 18.6 Å². The number of primary amides is 1. The van der Waals surface area contributed by atoms with Crippen molar-refractivity contribution in [2.45, 2.75) is 92.1 Å². The van der Waals surface area contributed by atoms with Crippen LogP contribution in [-0.2, 0) is 30.4 Å². The van der Waals surface area contributed by atoms with E-state index in [1.165, 1.54) is 0 Å². The fraction of sp³-hybridized carbons (Fsp3) is 0.667. The molecule has 0 heterocycles. The minimum Gasteiger partial charge on any atom is -0.460 e. The summed E-state index contributed by atoms with van der Waals surface area (Å²) < 4.78 is 15.6. The highest BCUT2D eigenvalue weighted by atomic mass is 16.6. The monoisotopic (exact) mass is 494 g/mol. The van der Waals surface area contributed by atoms with Crippen molar-refractivity contribution in [1.82, 2.24) is 4.90 Å². The van der Waals surface area contributed by atoms with Gasteiger partial charge in [0.15, 0.2) is 0 Å². The van der Waals surface area contributed by atoms with Gasteiger partial charge in [0.25, 0.3) is 0 Å². The molecule has 3 atom stereocenters. The first-order valence-electron chi connectivity index (χ1n) is 12.2. The van der Waals surface area contributed by atoms with Gasteiger partial charge in [0, 0.05) is 20.6 Å². The van der Waals surface area contributed by atoms with Crippen LogP contribution in [0.5, 0.6) is 0 Å². The molecule has 1 aromatic rings. The van der Waals surface area contributed by atoms with Crippen molar-refractivity contribution in [3.05, 3.63) is 35.9 Å². The normalized spacial score (nSPS) is 13.7. The summed E-state index contributed by atoms with van der Waals surface area (Å²) in [6, 6.07) is 9.22. The van der Waals surface area contributed by atoms with E-state index in [-0.39, 0.29) is 43.0 Å². The number of nitrogens with zero attached hydrogens (tertiary/aromatic N) is 1. The second-order valence-corrected chi connectivity index (χ2v) is 10.1. The highest BCUT2D eigenvalue weighted by Gasteiger charge is 2.34. The zero-order valence-corrected chi connectivity index (χ0v) is 23.0. The van der Waals surface area contributed by atoms with Gasteiger partial charge in [0.2, 0.25) is 5.91 Å². The average Bonchev–Trinajstić information content (AvgIpc) is 2.76. The summed E-state index contributed by atoms with van der Waals surface area (Å²) in [5.41, 5.74) is 5.19. The van der Waals surface area contributed by atoms with Crippen molar-refractivity contribution in [3.8, 4) is 0 Å². The first-order valence-corrected chi connectivity index (χ1v) is 12.2. The fourth-order valence-electron chi connectivity index (χ4n) is 3.52. The summed E-state index contributed by atoms with van der Waals surface area (Å²) in [5.74, 6) is 0.303. The van der Waals surface area contributed by atoms with Crippen LogP contribution in [-0.4, -0.2) is 54.8 Å². The summed E-state index contributed by atoms with van der Waals surface area (Å²) in [6.07, 6.45) is 0.414. The first-order chi connectivity index (χ1) is 16.2. The van der Waals surface area contributed by atoms with Crippen molar-refractivity contribution in [3.63, 3.8) is 0 Å². The Labute approximate surface area is 211 Å². The number of esters is 1. The first kappa shape index (κ1) is 32.4. The molecule has 3 unspecified atom stereocenters. The van der Waals surface area contributed by atoms with Crippen molar-refractivity contribution in [1.29, 1.82) is 0 Å². The lowest BCUT2D eigenvalue weighted by Gasteiger charge is -2.38. The third kappa shape index (κ3) is 14.4. The second-order valence-electron chi connectivity index (χ2n) is 10.1. The highest BCUT2D eigenvalue weighted by Crippen LogP contribution is 2.24. The van der Waals surface area contributed by atoms with E-state index in [9.17, 15) is 14.4 Å². The number of methoxy groups -OCH3 is 1. The topological polar surface area (TPSA) is 108 Å². The Morgan fingerprint density at radius 1 is 1.03 bits per heavy atom. The summed E-state index contributed by atoms with van der Waals surface area (Å²) in [5, 5.41) is 0. The maximum atomic E-state index is 12.5. The van der Waals surface area contributed by atoms with Crippen LogP contribution in [0, 0.1) is 11.8 Å². The highest BCUT2D eigenvalue weighted by molar-refractivity contribution is 5.77. The lowest BCUT2D eigenvalue weighted by Crippen LogP contribution is -2.50. The summed E-state index contributed by atoms with van der Waals surface area (Å²) in [4.78, 5) is 36.6. The van der Waals surface area contributed by atoms with E-state index in [4.69, 9.17) is 15.2 Å². The van der Waals surface area contributed by atoms with Gasteiger partial charge in [-0.2, -0.15) is 0 Å². The molecule has 8 nitrogen and oxygen atoms in total. The fourth-order valence-corrected chi connectivity index (χ4v) is 3.52. The predicted octanol–water partition coefficient (Wildman–Crippen LogP) is 4.93. The molecule has 8 heteroatoms. The van der Waals surface area contributed by atoms with Gasteiger partial charge < -0.3 is 24.8 Å². The number of benzene rings is 1. The number of ether oxygens (including phenoxy) is 3. The van der Waals surface area contributed by atoms with Crippen LogP contribution >= 0.6 is 0 Å². The van der Waals surface area contributed by atoms with E-state index in [0.29, 0.717) is 12.3 Å². The molecule has 0 spiro atoms. The Bertz CT molecular complexity index is 761. The summed E-state index contributed by atoms with van der Waals surface area (Å²) in [6.45, 7) is 14.0. The largest absolute Gasteiger partial charge is 0.460 e. The minimum atomic E-state index is -0.742. The van der Waals surface area contributed by atoms with Gasteiger partial charge in [-0.3, -0.25) is 9.59 Å². The van der Waals surface area contributed by atoms with E-state index in [0.717, 1.165) is 12.0 Å². The van der Waals surface area contributed by atoms with Gasteiger partial charge in [-0.1, -0.05) is 64.4 Å². The Hall–Kier alpha value is -2.61. The molecule has 35 heavy (non-hydrogen) atoms. The SMILES string of the molecule is CCC(C)C(C(CC(=O)OC(C)(C)C)OC)N(C)C(=O)CC(C)C.NC(=O)OCc1ccccc1. The molecule has 0 aliphatic heterocycles. The number of rotatable bonds is 11. The molecule has 2 amide bonds. The Morgan fingerprint density at radius 3 is 2.03 bits per heavy atom. The molecule has 0 saturated carbocycles. The van der Waals surface area contributed by atoms with Crippen LogP contribution in [0.3, 0.4) is 0 Å². The maximum absolute atomic E-state index is 12.5. The predicted molar refractivity (Wildman–Crippen MR) is 138 cm³/mol. The molecular formula is C27H46N2O6. The third-order valence-corrected chi connectivity index (χ3v) is 5.35. The van der Waals surface area contributed by atoms with E-state index in [1.54, 1.807) is 12.0 Å². The number of hydrogen-bond acceptors (Lipinski definition) is 6. The second kappa shape index (κ2) is 16.1. The Kier molecular flexibility index (Phi) is 14.9. The van der Waals surface area contributed by atoms with Crippen LogP contribution in [0.4, 0.5) is 4.79 Å². The third-order valence-electron chi connectivity index (χ3n) is 5.35. The molecule has 0 fully saturated rings.